The Labute approximate surface area is 109 Å². The molecule has 3 unspecified atom stereocenters. The van der Waals surface area contributed by atoms with E-state index in [-0.39, 0.29) is 29.6 Å². The van der Waals surface area contributed by atoms with Gasteiger partial charge in [-0.3, -0.25) is 14.5 Å². The Hall–Kier alpha value is -1.38. The number of hydrogen-bond donors (Lipinski definition) is 0. The van der Waals surface area contributed by atoms with Crippen molar-refractivity contribution in [2.24, 2.45) is 23.7 Å². The van der Waals surface area contributed by atoms with Gasteiger partial charge < -0.3 is 0 Å². The maximum Gasteiger partial charge on any atom is 0.233 e. The number of nitrogens with zero attached hydrogens (tertiary/aromatic N) is 1. The molecule has 0 aromatic carbocycles. The first-order valence-corrected chi connectivity index (χ1v) is 6.69. The predicted octanol–water partition coefficient (Wildman–Crippen LogP) is 2.40. The van der Waals surface area contributed by atoms with Crippen molar-refractivity contribution < 1.29 is 9.59 Å². The van der Waals surface area contributed by atoms with Crippen molar-refractivity contribution in [3.05, 3.63) is 24.8 Å². The molecular weight excluding hydrogens is 226 g/mol. The fourth-order valence-electron chi connectivity index (χ4n) is 3.14. The highest BCUT2D eigenvalue weighted by Crippen LogP contribution is 2.40. The summed E-state index contributed by atoms with van der Waals surface area (Å²) in [5.41, 5.74) is 0. The second-order valence-electron chi connectivity index (χ2n) is 5.67. The van der Waals surface area contributed by atoms with Crippen LogP contribution in [-0.2, 0) is 9.59 Å². The lowest BCUT2D eigenvalue weighted by Crippen LogP contribution is -2.32. The van der Waals surface area contributed by atoms with Crippen LogP contribution in [0.2, 0.25) is 0 Å². The molecule has 2 rings (SSSR count). The molecule has 1 fully saturated rings. The fourth-order valence-corrected chi connectivity index (χ4v) is 3.14. The van der Waals surface area contributed by atoms with Gasteiger partial charge in [0.05, 0.1) is 11.8 Å². The van der Waals surface area contributed by atoms with Crippen LogP contribution >= 0.6 is 0 Å². The maximum absolute atomic E-state index is 12.4. The summed E-state index contributed by atoms with van der Waals surface area (Å²) in [5, 5.41) is 0. The van der Waals surface area contributed by atoms with Crippen LogP contribution in [-0.4, -0.2) is 23.3 Å². The highest BCUT2D eigenvalue weighted by atomic mass is 16.2. The molecule has 1 aliphatic carbocycles. The average Bonchev–Trinajstić information content (AvgIpc) is 2.55. The first-order valence-electron chi connectivity index (χ1n) is 6.69. The number of carbonyl (C=O) groups is 2. The summed E-state index contributed by atoms with van der Waals surface area (Å²) in [5.74, 6) is 0.476. The van der Waals surface area contributed by atoms with E-state index in [0.29, 0.717) is 18.9 Å². The molecule has 1 aliphatic heterocycles. The Morgan fingerprint density at radius 3 is 2.78 bits per heavy atom. The summed E-state index contributed by atoms with van der Waals surface area (Å²) in [7, 11) is 0. The van der Waals surface area contributed by atoms with Crippen molar-refractivity contribution in [1.82, 2.24) is 4.90 Å². The van der Waals surface area contributed by atoms with E-state index in [9.17, 15) is 9.59 Å². The van der Waals surface area contributed by atoms with Crippen LogP contribution in [0.3, 0.4) is 0 Å². The minimum Gasteiger partial charge on any atom is -0.278 e. The van der Waals surface area contributed by atoms with E-state index < -0.39 is 0 Å². The van der Waals surface area contributed by atoms with E-state index >= 15 is 0 Å². The number of carbonyl (C=O) groups excluding carboxylic acids is 2. The molecule has 0 radical (unpaired) electrons. The topological polar surface area (TPSA) is 37.4 Å². The van der Waals surface area contributed by atoms with Gasteiger partial charge in [0.1, 0.15) is 0 Å². The molecule has 18 heavy (non-hydrogen) atoms. The van der Waals surface area contributed by atoms with Gasteiger partial charge in [-0.15, -0.1) is 6.58 Å². The van der Waals surface area contributed by atoms with Crippen LogP contribution < -0.4 is 0 Å². The van der Waals surface area contributed by atoms with Crippen LogP contribution in [0.4, 0.5) is 0 Å². The lowest BCUT2D eigenvalue weighted by molar-refractivity contribution is -0.139. The van der Waals surface area contributed by atoms with Crippen molar-refractivity contribution >= 4 is 11.8 Å². The molecule has 3 atom stereocenters. The maximum atomic E-state index is 12.4. The van der Waals surface area contributed by atoms with E-state index in [0.717, 1.165) is 6.42 Å². The molecular formula is C15H21NO2. The van der Waals surface area contributed by atoms with Crippen LogP contribution in [0.15, 0.2) is 24.8 Å². The number of fused-ring (bicyclic) bond motifs is 1. The molecule has 0 spiro atoms. The van der Waals surface area contributed by atoms with Crippen LogP contribution in [0.25, 0.3) is 0 Å². The van der Waals surface area contributed by atoms with Crippen molar-refractivity contribution in [3.63, 3.8) is 0 Å². The predicted molar refractivity (Wildman–Crippen MR) is 70.6 cm³/mol. The van der Waals surface area contributed by atoms with E-state index in [1.165, 1.54) is 4.90 Å². The summed E-state index contributed by atoms with van der Waals surface area (Å²) in [6.45, 7) is 8.27. The van der Waals surface area contributed by atoms with E-state index in [1.54, 1.807) is 6.08 Å². The van der Waals surface area contributed by atoms with Gasteiger partial charge in [-0.1, -0.05) is 32.1 Å². The normalized spacial score (nSPS) is 31.1. The van der Waals surface area contributed by atoms with Crippen molar-refractivity contribution in [3.8, 4) is 0 Å². The number of rotatable bonds is 4. The zero-order valence-corrected chi connectivity index (χ0v) is 11.1. The lowest BCUT2D eigenvalue weighted by Gasteiger charge is -2.27. The highest BCUT2D eigenvalue weighted by Gasteiger charge is 2.50. The van der Waals surface area contributed by atoms with Gasteiger partial charge in [-0.25, -0.2) is 0 Å². The largest absolute Gasteiger partial charge is 0.278 e. The molecule has 1 heterocycles. The fraction of sp³-hybridized carbons (Fsp3) is 0.600. The third kappa shape index (κ3) is 2.14. The molecule has 0 saturated carbocycles. The molecule has 0 aromatic heterocycles. The number of hydrogen-bond acceptors (Lipinski definition) is 2. The van der Waals surface area contributed by atoms with E-state index in [2.05, 4.69) is 32.6 Å². The zero-order chi connectivity index (χ0) is 13.3. The summed E-state index contributed by atoms with van der Waals surface area (Å²) in [6.07, 6.45) is 7.49. The molecule has 2 aliphatic rings. The second-order valence-corrected chi connectivity index (χ2v) is 5.67. The third-order valence-corrected chi connectivity index (χ3v) is 3.86. The smallest absolute Gasteiger partial charge is 0.233 e. The summed E-state index contributed by atoms with van der Waals surface area (Å²) in [6, 6.07) is 0. The van der Waals surface area contributed by atoms with Crippen LogP contribution in [0.5, 0.6) is 0 Å². The van der Waals surface area contributed by atoms with Gasteiger partial charge in [0.2, 0.25) is 11.8 Å². The minimum absolute atomic E-state index is 0.0000926. The molecule has 0 bridgehead atoms. The summed E-state index contributed by atoms with van der Waals surface area (Å²) in [4.78, 5) is 25.9. The molecule has 2 amide bonds. The zero-order valence-electron chi connectivity index (χ0n) is 11.1. The molecule has 3 heteroatoms. The van der Waals surface area contributed by atoms with E-state index in [1.807, 2.05) is 0 Å². The number of imide groups is 1. The lowest BCUT2D eigenvalue weighted by atomic mass is 9.74. The van der Waals surface area contributed by atoms with Crippen LogP contribution in [0.1, 0.15) is 26.7 Å². The standard InChI is InChI=1S/C15H21NO2/c1-4-8-16-14(17)12-7-5-6-11(9-10(2)3)13(12)15(16)18/h4-6,10-13H,1,7-9H2,2-3H3. The molecule has 0 aromatic rings. The van der Waals surface area contributed by atoms with Crippen LogP contribution in [0, 0.1) is 23.7 Å². The number of amides is 2. The summed E-state index contributed by atoms with van der Waals surface area (Å²) >= 11 is 0. The highest BCUT2D eigenvalue weighted by molar-refractivity contribution is 6.05. The van der Waals surface area contributed by atoms with Crippen molar-refractivity contribution in [1.29, 1.82) is 0 Å². The van der Waals surface area contributed by atoms with Gasteiger partial charge in [0.15, 0.2) is 0 Å². The van der Waals surface area contributed by atoms with Gasteiger partial charge >= 0.3 is 0 Å². The van der Waals surface area contributed by atoms with E-state index in [4.69, 9.17) is 0 Å². The Morgan fingerprint density at radius 1 is 1.44 bits per heavy atom. The molecule has 1 saturated heterocycles. The van der Waals surface area contributed by atoms with Crippen molar-refractivity contribution in [2.45, 2.75) is 26.7 Å². The molecule has 3 nitrogen and oxygen atoms in total. The average molecular weight is 247 g/mol. The number of likely N-dealkylation sites (tertiary alicyclic amines) is 1. The first kappa shape index (κ1) is 13.1. The third-order valence-electron chi connectivity index (χ3n) is 3.86. The SMILES string of the molecule is C=CCN1C(=O)C2CC=CC(CC(C)C)C2C1=O. The second kappa shape index (κ2) is 5.09. The first-order chi connectivity index (χ1) is 8.56. The van der Waals surface area contributed by atoms with Gasteiger partial charge in [0, 0.05) is 6.54 Å². The monoisotopic (exact) mass is 247 g/mol. The van der Waals surface area contributed by atoms with Gasteiger partial charge in [-0.2, -0.15) is 0 Å². The Balaban J connectivity index is 2.23. The minimum atomic E-state index is -0.134. The van der Waals surface area contributed by atoms with Crippen molar-refractivity contribution in [2.75, 3.05) is 6.54 Å². The van der Waals surface area contributed by atoms with Gasteiger partial charge in [0.25, 0.3) is 0 Å². The Morgan fingerprint density at radius 2 is 2.17 bits per heavy atom. The Kier molecular flexibility index (Phi) is 3.69. The molecule has 98 valence electrons. The quantitative estimate of drug-likeness (QED) is 0.565. The number of allylic oxidation sites excluding steroid dienone is 2. The Bertz CT molecular complexity index is 397. The van der Waals surface area contributed by atoms with Gasteiger partial charge in [-0.05, 0) is 24.7 Å². The summed E-state index contributed by atoms with van der Waals surface area (Å²) < 4.78 is 0. The molecule has 0 N–H and O–H groups in total.